The lowest BCUT2D eigenvalue weighted by Crippen LogP contribution is -2.22. The smallest absolute Gasteiger partial charge is 0.358 e. The van der Waals surface area contributed by atoms with Gasteiger partial charge in [-0.05, 0) is 6.42 Å². The summed E-state index contributed by atoms with van der Waals surface area (Å²) >= 11 is 0. The number of methoxy groups -OCH3 is 2. The van der Waals surface area contributed by atoms with E-state index in [-0.39, 0.29) is 5.69 Å². The number of anilines is 1. The second kappa shape index (κ2) is 6.80. The van der Waals surface area contributed by atoms with Crippen molar-refractivity contribution in [1.82, 2.24) is 9.97 Å². The van der Waals surface area contributed by atoms with Crippen molar-refractivity contribution in [2.24, 2.45) is 0 Å². The monoisotopic (exact) mass is 239 g/mol. The van der Waals surface area contributed by atoms with Gasteiger partial charge < -0.3 is 14.4 Å². The second-order valence-corrected chi connectivity index (χ2v) is 3.52. The van der Waals surface area contributed by atoms with Gasteiger partial charge in [-0.25, -0.2) is 9.78 Å². The summed E-state index contributed by atoms with van der Waals surface area (Å²) in [6.07, 6.45) is 3.88. The highest BCUT2D eigenvalue weighted by Gasteiger charge is 2.10. The molecule has 0 aliphatic rings. The van der Waals surface area contributed by atoms with E-state index in [0.29, 0.717) is 12.4 Å². The number of hydrogen-bond donors (Lipinski definition) is 0. The molecule has 0 fully saturated rings. The van der Waals surface area contributed by atoms with E-state index in [2.05, 4.69) is 14.7 Å². The third-order valence-electron chi connectivity index (χ3n) is 2.25. The van der Waals surface area contributed by atoms with E-state index in [0.717, 1.165) is 13.0 Å². The van der Waals surface area contributed by atoms with Crippen LogP contribution in [0.15, 0.2) is 12.4 Å². The second-order valence-electron chi connectivity index (χ2n) is 3.52. The molecule has 1 aromatic heterocycles. The van der Waals surface area contributed by atoms with E-state index >= 15 is 0 Å². The summed E-state index contributed by atoms with van der Waals surface area (Å²) in [5.74, 6) is 0.161. The lowest BCUT2D eigenvalue weighted by Gasteiger charge is -2.17. The molecule has 0 saturated heterocycles. The Bertz CT molecular complexity index is 371. The molecule has 1 rings (SSSR count). The summed E-state index contributed by atoms with van der Waals surface area (Å²) < 4.78 is 9.56. The third kappa shape index (κ3) is 3.99. The molecule has 6 heteroatoms. The van der Waals surface area contributed by atoms with E-state index in [1.807, 2.05) is 11.9 Å². The third-order valence-corrected chi connectivity index (χ3v) is 2.25. The minimum absolute atomic E-state index is 0.212. The topological polar surface area (TPSA) is 64.5 Å². The van der Waals surface area contributed by atoms with Gasteiger partial charge in [0.05, 0.1) is 19.5 Å². The van der Waals surface area contributed by atoms with E-state index in [4.69, 9.17) is 4.74 Å². The molecule has 0 aromatic carbocycles. The maximum Gasteiger partial charge on any atom is 0.358 e. The minimum atomic E-state index is -0.482. The molecule has 1 heterocycles. The largest absolute Gasteiger partial charge is 0.464 e. The Kier molecular flexibility index (Phi) is 5.35. The predicted octanol–water partition coefficient (Wildman–Crippen LogP) is 0.736. The van der Waals surface area contributed by atoms with Crippen molar-refractivity contribution in [3.05, 3.63) is 18.1 Å². The van der Waals surface area contributed by atoms with Crippen molar-refractivity contribution < 1.29 is 14.3 Å². The van der Waals surface area contributed by atoms with E-state index in [9.17, 15) is 4.79 Å². The van der Waals surface area contributed by atoms with Gasteiger partial charge in [0.15, 0.2) is 5.69 Å². The number of carbonyl (C=O) groups is 1. The molecule has 0 amide bonds. The van der Waals surface area contributed by atoms with Crippen molar-refractivity contribution in [2.45, 2.75) is 6.42 Å². The average Bonchev–Trinajstić information content (AvgIpc) is 2.38. The van der Waals surface area contributed by atoms with E-state index in [1.165, 1.54) is 13.3 Å². The zero-order valence-corrected chi connectivity index (χ0v) is 10.3. The molecule has 0 N–H and O–H groups in total. The molecule has 6 nitrogen and oxygen atoms in total. The standard InChI is InChI=1S/C11H17N3O3/c1-14(5-4-6-16-2)10-8-12-7-9(13-10)11(15)17-3/h7-8H,4-6H2,1-3H3. The number of nitrogens with zero attached hydrogens (tertiary/aromatic N) is 3. The van der Waals surface area contributed by atoms with Gasteiger partial charge in [-0.3, -0.25) is 4.98 Å². The number of esters is 1. The first-order chi connectivity index (χ1) is 8.19. The summed E-state index contributed by atoms with van der Waals surface area (Å²) in [6, 6.07) is 0. The lowest BCUT2D eigenvalue weighted by atomic mass is 10.4. The fraction of sp³-hybridized carbons (Fsp3) is 0.545. The fourth-order valence-electron chi connectivity index (χ4n) is 1.30. The van der Waals surface area contributed by atoms with Crippen molar-refractivity contribution in [3.8, 4) is 0 Å². The van der Waals surface area contributed by atoms with Gasteiger partial charge in [0.1, 0.15) is 5.82 Å². The molecule has 0 radical (unpaired) electrons. The lowest BCUT2D eigenvalue weighted by molar-refractivity contribution is 0.0593. The van der Waals surface area contributed by atoms with Crippen molar-refractivity contribution in [1.29, 1.82) is 0 Å². The Morgan fingerprint density at radius 1 is 1.41 bits per heavy atom. The van der Waals surface area contributed by atoms with Gasteiger partial charge in [0, 0.05) is 27.3 Å². The van der Waals surface area contributed by atoms with Gasteiger partial charge >= 0.3 is 5.97 Å². The van der Waals surface area contributed by atoms with E-state index < -0.39 is 5.97 Å². The number of ether oxygens (including phenoxy) is 2. The van der Waals surface area contributed by atoms with Gasteiger partial charge in [-0.2, -0.15) is 0 Å². The van der Waals surface area contributed by atoms with Crippen LogP contribution >= 0.6 is 0 Å². The Hall–Kier alpha value is -1.69. The molecule has 0 aliphatic heterocycles. The number of carbonyl (C=O) groups excluding carboxylic acids is 1. The van der Waals surface area contributed by atoms with Gasteiger partial charge in [0.25, 0.3) is 0 Å². The molecule has 0 atom stereocenters. The van der Waals surface area contributed by atoms with Crippen LogP contribution in [-0.4, -0.2) is 50.4 Å². The molecule has 94 valence electrons. The Morgan fingerprint density at radius 2 is 2.18 bits per heavy atom. The number of aromatic nitrogens is 2. The maximum atomic E-state index is 11.3. The molecular formula is C11H17N3O3. The van der Waals surface area contributed by atoms with Crippen LogP contribution in [0.4, 0.5) is 5.82 Å². The van der Waals surface area contributed by atoms with Crippen LogP contribution in [0.2, 0.25) is 0 Å². The molecule has 0 spiro atoms. The normalized spacial score (nSPS) is 10.1. The Labute approximate surface area is 101 Å². The van der Waals surface area contributed by atoms with Crippen molar-refractivity contribution in [2.75, 3.05) is 39.3 Å². The SMILES string of the molecule is COCCCN(C)c1cncc(C(=O)OC)n1. The Morgan fingerprint density at radius 3 is 2.82 bits per heavy atom. The fourth-order valence-corrected chi connectivity index (χ4v) is 1.30. The summed E-state index contributed by atoms with van der Waals surface area (Å²) in [4.78, 5) is 21.3. The van der Waals surface area contributed by atoms with Gasteiger partial charge in [-0.1, -0.05) is 0 Å². The van der Waals surface area contributed by atoms with Crippen molar-refractivity contribution in [3.63, 3.8) is 0 Å². The zero-order chi connectivity index (χ0) is 12.7. The highest BCUT2D eigenvalue weighted by atomic mass is 16.5. The summed E-state index contributed by atoms with van der Waals surface area (Å²) in [7, 11) is 4.87. The van der Waals surface area contributed by atoms with E-state index in [1.54, 1.807) is 13.3 Å². The highest BCUT2D eigenvalue weighted by Crippen LogP contribution is 2.08. The molecule has 0 saturated carbocycles. The first-order valence-electron chi connectivity index (χ1n) is 5.29. The highest BCUT2D eigenvalue weighted by molar-refractivity contribution is 5.87. The zero-order valence-electron chi connectivity index (χ0n) is 10.3. The van der Waals surface area contributed by atoms with Crippen LogP contribution in [0.3, 0.4) is 0 Å². The van der Waals surface area contributed by atoms with Crippen LogP contribution in [0.25, 0.3) is 0 Å². The van der Waals surface area contributed by atoms with Crippen LogP contribution in [0, 0.1) is 0 Å². The Balaban J connectivity index is 2.67. The molecular weight excluding hydrogens is 222 g/mol. The predicted molar refractivity (Wildman–Crippen MR) is 63.1 cm³/mol. The molecule has 1 aromatic rings. The molecule has 0 aliphatic carbocycles. The maximum absolute atomic E-state index is 11.3. The summed E-state index contributed by atoms with van der Waals surface area (Å²) in [5, 5.41) is 0. The first kappa shape index (κ1) is 13.4. The molecule has 0 unspecified atom stereocenters. The quantitative estimate of drug-likeness (QED) is 0.539. The molecule has 17 heavy (non-hydrogen) atoms. The van der Waals surface area contributed by atoms with Gasteiger partial charge in [0.2, 0.25) is 0 Å². The summed E-state index contributed by atoms with van der Waals surface area (Å²) in [6.45, 7) is 1.47. The average molecular weight is 239 g/mol. The molecule has 0 bridgehead atoms. The van der Waals surface area contributed by atoms with Crippen molar-refractivity contribution >= 4 is 11.8 Å². The number of hydrogen-bond acceptors (Lipinski definition) is 6. The van der Waals surface area contributed by atoms with Crippen LogP contribution in [-0.2, 0) is 9.47 Å². The summed E-state index contributed by atoms with van der Waals surface area (Å²) in [5.41, 5.74) is 0.212. The van der Waals surface area contributed by atoms with Gasteiger partial charge in [-0.15, -0.1) is 0 Å². The number of rotatable bonds is 6. The van der Waals surface area contributed by atoms with Crippen LogP contribution < -0.4 is 4.90 Å². The van der Waals surface area contributed by atoms with Crippen LogP contribution in [0.1, 0.15) is 16.9 Å². The first-order valence-corrected chi connectivity index (χ1v) is 5.29. The minimum Gasteiger partial charge on any atom is -0.464 e. The van der Waals surface area contributed by atoms with Crippen LogP contribution in [0.5, 0.6) is 0 Å².